The predicted molar refractivity (Wildman–Crippen MR) is 153 cm³/mol. The molecule has 6 N–H and O–H groups in total. The van der Waals surface area contributed by atoms with E-state index in [2.05, 4.69) is 29.1 Å². The molecular weight excluding hydrogens is 518 g/mol. The van der Waals surface area contributed by atoms with E-state index in [0.29, 0.717) is 31.5 Å². The summed E-state index contributed by atoms with van der Waals surface area (Å²) >= 11 is 0. The van der Waals surface area contributed by atoms with E-state index in [1.807, 2.05) is 12.1 Å². The maximum absolute atomic E-state index is 12.0. The third-order valence-corrected chi connectivity index (χ3v) is 9.78. The minimum atomic E-state index is -3.47. The smallest absolute Gasteiger partial charge is 0.242 e. The van der Waals surface area contributed by atoms with E-state index in [1.165, 1.54) is 19.3 Å². The van der Waals surface area contributed by atoms with Crippen molar-refractivity contribution in [3.8, 4) is 0 Å². The number of allylic oxidation sites excluding steroid dienone is 2. The summed E-state index contributed by atoms with van der Waals surface area (Å²) in [7, 11) is -3.47. The Morgan fingerprint density at radius 3 is 2.59 bits per heavy atom. The molecule has 39 heavy (non-hydrogen) atoms. The fourth-order valence-corrected chi connectivity index (χ4v) is 5.88. The molecule has 0 bridgehead atoms. The van der Waals surface area contributed by atoms with Crippen LogP contribution in [0.1, 0.15) is 71.6 Å². The summed E-state index contributed by atoms with van der Waals surface area (Å²) < 4.78 is 25.4. The van der Waals surface area contributed by atoms with Gasteiger partial charge in [-0.1, -0.05) is 38.0 Å². The predicted octanol–water partition coefficient (Wildman–Crippen LogP) is 2.91. The Bertz CT molecular complexity index is 1160. The van der Waals surface area contributed by atoms with Crippen molar-refractivity contribution >= 4 is 39.1 Å². The van der Waals surface area contributed by atoms with E-state index < -0.39 is 26.7 Å². The maximum atomic E-state index is 12.0. The molecular formula is C28H43N5O5S. The highest BCUT2D eigenvalue weighted by Crippen LogP contribution is 2.44. The van der Waals surface area contributed by atoms with E-state index in [4.69, 9.17) is 11.5 Å². The summed E-state index contributed by atoms with van der Waals surface area (Å²) in [6.07, 6.45) is 12.4. The monoisotopic (exact) mass is 561 g/mol. The van der Waals surface area contributed by atoms with E-state index in [1.54, 1.807) is 24.0 Å². The summed E-state index contributed by atoms with van der Waals surface area (Å²) in [5.41, 5.74) is 12.3. The summed E-state index contributed by atoms with van der Waals surface area (Å²) in [6.45, 7) is 4.59. The zero-order valence-corrected chi connectivity index (χ0v) is 23.8. The van der Waals surface area contributed by atoms with Gasteiger partial charge in [-0.15, -0.1) is 0 Å². The molecule has 4 rings (SSSR count). The van der Waals surface area contributed by atoms with E-state index >= 15 is 0 Å². The molecule has 2 aliphatic carbocycles. The highest BCUT2D eigenvalue weighted by molar-refractivity contribution is 7.91. The number of anilines is 2. The number of hydrogen-bond acceptors (Lipinski definition) is 7. The molecule has 0 aromatic heterocycles. The van der Waals surface area contributed by atoms with Crippen LogP contribution in [0, 0.1) is 11.8 Å². The summed E-state index contributed by atoms with van der Waals surface area (Å²) in [5.74, 6) is -0.784. The standard InChI is InChI=1S/C15H25NO3S.C13H18N4O2/c1-3-4-5-6-7-8-12-11-13(12)14(17)16-20(18,19)15(2)9-10-15;14-9-3-1-4-10(7-9)16-8-12(18)17-6-2-5-11(17)13(15)19/h7-8,12-13H,3-6,9-11H2,1-2H3,(H,16,17);1,3-4,7,11,16H,2,5-6,8,14H2,(H2,15,19)/b8-7-;. The van der Waals surface area contributed by atoms with Crippen molar-refractivity contribution in [3.63, 3.8) is 0 Å². The second kappa shape index (κ2) is 13.3. The quantitative estimate of drug-likeness (QED) is 0.173. The van der Waals surface area contributed by atoms with Gasteiger partial charge in [-0.25, -0.2) is 8.42 Å². The number of sulfonamides is 1. The molecule has 0 radical (unpaired) electrons. The Morgan fingerprint density at radius 2 is 1.95 bits per heavy atom. The topological polar surface area (TPSA) is 165 Å². The number of primary amides is 1. The van der Waals surface area contributed by atoms with Crippen molar-refractivity contribution in [3.05, 3.63) is 36.4 Å². The summed E-state index contributed by atoms with van der Waals surface area (Å²) in [5, 5.41) is 3.00. The third-order valence-electron chi connectivity index (χ3n) is 7.60. The molecule has 11 heteroatoms. The average Bonchev–Trinajstić information content (AvgIpc) is 3.78. The zero-order valence-electron chi connectivity index (χ0n) is 23.0. The van der Waals surface area contributed by atoms with Gasteiger partial charge in [0, 0.05) is 23.8 Å². The van der Waals surface area contributed by atoms with Crippen LogP contribution in [0.4, 0.5) is 11.4 Å². The Labute approximate surface area is 232 Å². The number of unbranched alkanes of at least 4 members (excludes halogenated alkanes) is 3. The van der Waals surface area contributed by atoms with Gasteiger partial charge in [0.15, 0.2) is 0 Å². The normalized spacial score (nSPS) is 23.0. The number of nitrogens with one attached hydrogen (secondary N) is 2. The number of benzene rings is 1. The minimum Gasteiger partial charge on any atom is -0.399 e. The van der Waals surface area contributed by atoms with Gasteiger partial charge in [-0.05, 0) is 76.0 Å². The highest BCUT2D eigenvalue weighted by Gasteiger charge is 2.52. The Kier molecular flexibility index (Phi) is 10.4. The molecule has 3 fully saturated rings. The molecule has 1 aromatic carbocycles. The van der Waals surface area contributed by atoms with Gasteiger partial charge in [0.2, 0.25) is 27.7 Å². The lowest BCUT2D eigenvalue weighted by molar-refractivity contribution is -0.135. The SMILES string of the molecule is CCCCC/C=C\C1CC1C(=O)NS(=O)(=O)C1(C)CC1.NC(=O)C1CCCN1C(=O)CNc1cccc(N)c1. The maximum Gasteiger partial charge on any atom is 0.242 e. The van der Waals surface area contributed by atoms with Crippen LogP contribution in [0.25, 0.3) is 0 Å². The zero-order chi connectivity index (χ0) is 28.6. The molecule has 10 nitrogen and oxygen atoms in total. The summed E-state index contributed by atoms with van der Waals surface area (Å²) in [6, 6.07) is 6.71. The van der Waals surface area contributed by atoms with Crippen molar-refractivity contribution < 1.29 is 22.8 Å². The molecule has 1 saturated heterocycles. The number of nitrogens with zero attached hydrogens (tertiary/aromatic N) is 1. The molecule has 3 aliphatic rings. The Balaban J connectivity index is 0.000000216. The van der Waals surface area contributed by atoms with Gasteiger partial charge in [0.1, 0.15) is 6.04 Å². The average molecular weight is 562 g/mol. The first-order valence-electron chi connectivity index (χ1n) is 13.9. The number of carbonyl (C=O) groups excluding carboxylic acids is 3. The number of nitrogen functional groups attached to an aromatic ring is 1. The number of nitrogens with two attached hydrogens (primary N) is 2. The number of amides is 3. The second-order valence-electron chi connectivity index (χ2n) is 11.0. The molecule has 1 aromatic rings. The molecule has 1 aliphatic heterocycles. The molecule has 3 amide bonds. The number of hydrogen-bond donors (Lipinski definition) is 4. The van der Waals surface area contributed by atoms with E-state index in [-0.39, 0.29) is 30.2 Å². The lowest BCUT2D eigenvalue weighted by Gasteiger charge is -2.22. The lowest BCUT2D eigenvalue weighted by Crippen LogP contribution is -2.45. The van der Waals surface area contributed by atoms with E-state index in [9.17, 15) is 22.8 Å². The fourth-order valence-electron chi connectivity index (χ4n) is 4.58. The first-order valence-corrected chi connectivity index (χ1v) is 15.4. The van der Waals surface area contributed by atoms with Gasteiger partial charge in [-0.3, -0.25) is 19.1 Å². The van der Waals surface area contributed by atoms with Crippen LogP contribution in [0.5, 0.6) is 0 Å². The van der Waals surface area contributed by atoms with Crippen molar-refractivity contribution in [1.29, 1.82) is 0 Å². The highest BCUT2D eigenvalue weighted by atomic mass is 32.2. The van der Waals surface area contributed by atoms with Gasteiger partial charge >= 0.3 is 0 Å². The first kappa shape index (κ1) is 30.5. The molecule has 3 unspecified atom stereocenters. The largest absolute Gasteiger partial charge is 0.399 e. The van der Waals surface area contributed by atoms with Crippen LogP contribution in [0.2, 0.25) is 0 Å². The summed E-state index contributed by atoms with van der Waals surface area (Å²) in [4.78, 5) is 36.7. The first-order chi connectivity index (χ1) is 18.5. The molecule has 1 heterocycles. The fraction of sp³-hybridized carbons (Fsp3) is 0.607. The minimum absolute atomic E-state index is 0.122. The van der Waals surface area contributed by atoms with Crippen molar-refractivity contribution in [1.82, 2.24) is 9.62 Å². The van der Waals surface area contributed by atoms with Crippen LogP contribution in [-0.4, -0.2) is 54.9 Å². The molecule has 3 atom stereocenters. The van der Waals surface area contributed by atoms with Crippen LogP contribution >= 0.6 is 0 Å². The van der Waals surface area contributed by atoms with Gasteiger partial charge in [-0.2, -0.15) is 0 Å². The van der Waals surface area contributed by atoms with Crippen molar-refractivity contribution in [2.45, 2.75) is 82.4 Å². The van der Waals surface area contributed by atoms with Crippen molar-refractivity contribution in [2.24, 2.45) is 17.6 Å². The Morgan fingerprint density at radius 1 is 1.21 bits per heavy atom. The second-order valence-corrected chi connectivity index (χ2v) is 13.2. The van der Waals surface area contributed by atoms with Crippen LogP contribution < -0.4 is 21.5 Å². The third kappa shape index (κ3) is 8.71. The van der Waals surface area contributed by atoms with Crippen LogP contribution in [0.3, 0.4) is 0 Å². The van der Waals surface area contributed by atoms with Gasteiger partial charge in [0.05, 0.1) is 11.3 Å². The number of rotatable bonds is 12. The molecule has 2 saturated carbocycles. The lowest BCUT2D eigenvalue weighted by atomic mass is 10.2. The van der Waals surface area contributed by atoms with Crippen LogP contribution in [0.15, 0.2) is 36.4 Å². The molecule has 0 spiro atoms. The Hall–Kier alpha value is -3.08. The van der Waals surface area contributed by atoms with E-state index in [0.717, 1.165) is 24.9 Å². The van der Waals surface area contributed by atoms with Crippen LogP contribution in [-0.2, 0) is 24.4 Å². The molecule has 216 valence electrons. The van der Waals surface area contributed by atoms with Gasteiger partial charge < -0.3 is 21.7 Å². The number of likely N-dealkylation sites (tertiary alicyclic amines) is 1. The number of carbonyl (C=O) groups is 3. The van der Waals surface area contributed by atoms with Gasteiger partial charge in [0.25, 0.3) is 0 Å². The van der Waals surface area contributed by atoms with Crippen molar-refractivity contribution in [2.75, 3.05) is 24.1 Å².